The topological polar surface area (TPSA) is 67.9 Å². The highest BCUT2D eigenvalue weighted by atomic mass is 16.5. The predicted molar refractivity (Wildman–Crippen MR) is 96.0 cm³/mol. The molecule has 0 spiro atoms. The number of piperidine rings is 1. The Hall–Kier alpha value is -2.24. The molecule has 6 heteroatoms. The highest BCUT2D eigenvalue weighted by Gasteiger charge is 2.25. The van der Waals surface area contributed by atoms with Crippen LogP contribution in [0.4, 0.5) is 0 Å². The Bertz CT molecular complexity index is 585. The lowest BCUT2D eigenvalue weighted by Gasteiger charge is -2.35. The van der Waals surface area contributed by atoms with Crippen molar-refractivity contribution in [3.05, 3.63) is 23.8 Å². The molecule has 2 rings (SSSR count). The maximum atomic E-state index is 12.3. The molecule has 1 aliphatic heterocycles. The normalized spacial score (nSPS) is 20.1. The molecule has 0 aliphatic carbocycles. The van der Waals surface area contributed by atoms with Gasteiger partial charge in [-0.2, -0.15) is 0 Å². The Morgan fingerprint density at radius 1 is 1.08 bits per heavy atom. The fourth-order valence-corrected chi connectivity index (χ4v) is 3.35. The zero-order chi connectivity index (χ0) is 18.4. The van der Waals surface area contributed by atoms with Crippen LogP contribution in [0.1, 0.15) is 37.0 Å². The maximum absolute atomic E-state index is 12.3. The van der Waals surface area contributed by atoms with E-state index in [9.17, 15) is 9.59 Å². The summed E-state index contributed by atoms with van der Waals surface area (Å²) in [6, 6.07) is 5.00. The second-order valence-electron chi connectivity index (χ2n) is 6.85. The zero-order valence-electron chi connectivity index (χ0n) is 15.5. The third-order valence-electron chi connectivity index (χ3n) is 4.46. The van der Waals surface area contributed by atoms with Gasteiger partial charge < -0.3 is 19.7 Å². The highest BCUT2D eigenvalue weighted by Crippen LogP contribution is 2.23. The summed E-state index contributed by atoms with van der Waals surface area (Å²) >= 11 is 0. The van der Waals surface area contributed by atoms with Crippen LogP contribution in [0, 0.1) is 11.8 Å². The lowest BCUT2D eigenvalue weighted by molar-refractivity contribution is -0.133. The van der Waals surface area contributed by atoms with E-state index in [4.69, 9.17) is 9.47 Å². The second-order valence-corrected chi connectivity index (χ2v) is 6.85. The number of nitrogens with zero attached hydrogens (tertiary/aromatic N) is 1. The molecule has 1 heterocycles. The molecule has 138 valence electrons. The van der Waals surface area contributed by atoms with Crippen molar-refractivity contribution in [1.82, 2.24) is 10.2 Å². The number of rotatable bonds is 6. The van der Waals surface area contributed by atoms with Gasteiger partial charge in [-0.05, 0) is 30.4 Å². The number of carbonyl (C=O) groups is 2. The SMILES string of the molecule is COc1cc(OC)cc(C(=O)NCCC(=O)N2CC(C)CC(C)C2)c1. The van der Waals surface area contributed by atoms with E-state index >= 15 is 0 Å². The highest BCUT2D eigenvalue weighted by molar-refractivity contribution is 5.95. The molecule has 0 saturated carbocycles. The van der Waals surface area contributed by atoms with Crippen LogP contribution in [0.15, 0.2) is 18.2 Å². The first-order valence-corrected chi connectivity index (χ1v) is 8.72. The molecule has 0 bridgehead atoms. The third kappa shape index (κ3) is 5.37. The van der Waals surface area contributed by atoms with Crippen molar-refractivity contribution in [2.24, 2.45) is 11.8 Å². The summed E-state index contributed by atoms with van der Waals surface area (Å²) < 4.78 is 10.3. The molecule has 2 atom stereocenters. The minimum absolute atomic E-state index is 0.0990. The van der Waals surface area contributed by atoms with Crippen molar-refractivity contribution in [3.8, 4) is 11.5 Å². The summed E-state index contributed by atoms with van der Waals surface area (Å²) in [7, 11) is 3.07. The molecule has 2 unspecified atom stereocenters. The quantitative estimate of drug-likeness (QED) is 0.857. The van der Waals surface area contributed by atoms with Crippen LogP contribution in [-0.2, 0) is 4.79 Å². The molecular weight excluding hydrogens is 320 g/mol. The number of amides is 2. The average molecular weight is 348 g/mol. The van der Waals surface area contributed by atoms with Crippen LogP contribution in [0.5, 0.6) is 11.5 Å². The molecular formula is C19H28N2O4. The first-order valence-electron chi connectivity index (χ1n) is 8.72. The zero-order valence-corrected chi connectivity index (χ0v) is 15.5. The number of nitrogens with one attached hydrogen (secondary N) is 1. The van der Waals surface area contributed by atoms with Crippen LogP contribution in [-0.4, -0.2) is 50.6 Å². The third-order valence-corrected chi connectivity index (χ3v) is 4.46. The van der Waals surface area contributed by atoms with Crippen molar-refractivity contribution < 1.29 is 19.1 Å². The first-order chi connectivity index (χ1) is 11.9. The van der Waals surface area contributed by atoms with E-state index in [2.05, 4.69) is 19.2 Å². The largest absolute Gasteiger partial charge is 0.497 e. The molecule has 0 radical (unpaired) electrons. The van der Waals surface area contributed by atoms with E-state index in [1.807, 2.05) is 4.90 Å². The van der Waals surface area contributed by atoms with Gasteiger partial charge >= 0.3 is 0 Å². The minimum Gasteiger partial charge on any atom is -0.497 e. The molecule has 2 amide bonds. The van der Waals surface area contributed by atoms with Crippen molar-refractivity contribution in [3.63, 3.8) is 0 Å². The number of hydrogen-bond acceptors (Lipinski definition) is 4. The minimum atomic E-state index is -0.245. The van der Waals surface area contributed by atoms with Crippen molar-refractivity contribution >= 4 is 11.8 Å². The summed E-state index contributed by atoms with van der Waals surface area (Å²) in [6.45, 7) is 6.28. The number of hydrogen-bond donors (Lipinski definition) is 1. The van der Waals surface area contributed by atoms with Gasteiger partial charge in [0.25, 0.3) is 5.91 Å². The van der Waals surface area contributed by atoms with E-state index in [1.54, 1.807) is 18.2 Å². The van der Waals surface area contributed by atoms with Gasteiger partial charge in [0.05, 0.1) is 14.2 Å². The molecule has 1 aromatic rings. The van der Waals surface area contributed by atoms with Crippen molar-refractivity contribution in [2.45, 2.75) is 26.7 Å². The molecule has 25 heavy (non-hydrogen) atoms. The molecule has 1 saturated heterocycles. The Morgan fingerprint density at radius 3 is 2.16 bits per heavy atom. The van der Waals surface area contributed by atoms with Gasteiger partial charge in [0.2, 0.25) is 5.91 Å². The van der Waals surface area contributed by atoms with Crippen molar-refractivity contribution in [1.29, 1.82) is 0 Å². The number of methoxy groups -OCH3 is 2. The second kappa shape index (κ2) is 8.74. The van der Waals surface area contributed by atoms with Gasteiger partial charge in [0.1, 0.15) is 11.5 Å². The molecule has 1 N–H and O–H groups in total. The number of carbonyl (C=O) groups excluding carboxylic acids is 2. The van der Waals surface area contributed by atoms with E-state index in [-0.39, 0.29) is 11.8 Å². The Balaban J connectivity index is 1.87. The Morgan fingerprint density at radius 2 is 1.64 bits per heavy atom. The fraction of sp³-hybridized carbons (Fsp3) is 0.579. The molecule has 0 aromatic heterocycles. The van der Waals surface area contributed by atoms with Gasteiger partial charge in [-0.25, -0.2) is 0 Å². The van der Waals surface area contributed by atoms with Crippen LogP contribution in [0.25, 0.3) is 0 Å². The van der Waals surface area contributed by atoms with Crippen LogP contribution in [0.3, 0.4) is 0 Å². The molecule has 1 aromatic carbocycles. The summed E-state index contributed by atoms with van der Waals surface area (Å²) in [6.07, 6.45) is 1.48. The summed E-state index contributed by atoms with van der Waals surface area (Å²) in [5.41, 5.74) is 0.448. The Kier molecular flexibility index (Phi) is 6.67. The van der Waals surface area contributed by atoms with E-state index in [0.29, 0.717) is 41.9 Å². The first kappa shape index (κ1) is 19.1. The molecule has 1 fully saturated rings. The number of likely N-dealkylation sites (tertiary alicyclic amines) is 1. The van der Waals surface area contributed by atoms with Crippen LogP contribution in [0.2, 0.25) is 0 Å². The van der Waals surface area contributed by atoms with Gasteiger partial charge in [0.15, 0.2) is 0 Å². The molecule has 6 nitrogen and oxygen atoms in total. The maximum Gasteiger partial charge on any atom is 0.251 e. The van der Waals surface area contributed by atoms with E-state index in [0.717, 1.165) is 19.5 Å². The summed E-state index contributed by atoms with van der Waals surface area (Å²) in [5, 5.41) is 2.80. The monoisotopic (exact) mass is 348 g/mol. The summed E-state index contributed by atoms with van der Waals surface area (Å²) in [4.78, 5) is 26.6. The fourth-order valence-electron chi connectivity index (χ4n) is 3.35. The van der Waals surface area contributed by atoms with E-state index in [1.165, 1.54) is 14.2 Å². The Labute approximate surface area is 149 Å². The average Bonchev–Trinajstić information content (AvgIpc) is 2.60. The van der Waals surface area contributed by atoms with Crippen molar-refractivity contribution in [2.75, 3.05) is 33.9 Å². The summed E-state index contributed by atoms with van der Waals surface area (Å²) in [5.74, 6) is 2.03. The molecule has 1 aliphatic rings. The predicted octanol–water partition coefficient (Wildman–Crippen LogP) is 2.33. The van der Waals surface area contributed by atoms with Crippen LogP contribution >= 0.6 is 0 Å². The van der Waals surface area contributed by atoms with Gasteiger partial charge in [-0.3, -0.25) is 9.59 Å². The standard InChI is InChI=1S/C19H28N2O4/c1-13-7-14(2)12-21(11-13)18(22)5-6-20-19(23)15-8-16(24-3)10-17(9-15)25-4/h8-10,13-14H,5-7,11-12H2,1-4H3,(H,20,23). The van der Waals surface area contributed by atoms with Gasteiger partial charge in [-0.1, -0.05) is 13.8 Å². The lowest BCUT2D eigenvalue weighted by atomic mass is 9.92. The number of benzene rings is 1. The van der Waals surface area contributed by atoms with Gasteiger partial charge in [0, 0.05) is 37.7 Å². The van der Waals surface area contributed by atoms with Crippen LogP contribution < -0.4 is 14.8 Å². The van der Waals surface area contributed by atoms with E-state index < -0.39 is 0 Å². The lowest BCUT2D eigenvalue weighted by Crippen LogP contribution is -2.43. The number of ether oxygens (including phenoxy) is 2. The van der Waals surface area contributed by atoms with Gasteiger partial charge in [-0.15, -0.1) is 0 Å². The smallest absolute Gasteiger partial charge is 0.251 e.